The Labute approximate surface area is 162 Å². The van der Waals surface area contributed by atoms with Crippen LogP contribution in [0.3, 0.4) is 0 Å². The fourth-order valence-corrected chi connectivity index (χ4v) is 5.41. The molecule has 0 aromatic rings. The van der Waals surface area contributed by atoms with Gasteiger partial charge in [0.1, 0.15) is 24.4 Å². The van der Waals surface area contributed by atoms with Crippen molar-refractivity contribution < 1.29 is 29.2 Å². The third kappa shape index (κ3) is 3.81. The van der Waals surface area contributed by atoms with Crippen LogP contribution in [0.15, 0.2) is 0 Å². The van der Waals surface area contributed by atoms with Crippen molar-refractivity contribution in [1.82, 2.24) is 0 Å². The molecule has 2 spiro atoms. The molecule has 0 amide bonds. The summed E-state index contributed by atoms with van der Waals surface area (Å²) in [6.07, 6.45) is 6.04. The van der Waals surface area contributed by atoms with E-state index in [0.717, 1.165) is 51.4 Å². The highest BCUT2D eigenvalue weighted by Crippen LogP contribution is 2.45. The fourth-order valence-electron chi connectivity index (χ4n) is 5.41. The lowest BCUT2D eigenvalue weighted by Gasteiger charge is -2.40. The van der Waals surface area contributed by atoms with Crippen LogP contribution in [0.4, 0.5) is 0 Å². The van der Waals surface area contributed by atoms with Gasteiger partial charge in [0.05, 0.1) is 13.2 Å². The van der Waals surface area contributed by atoms with Crippen LogP contribution < -0.4 is 0 Å². The van der Waals surface area contributed by atoms with Crippen LogP contribution in [0, 0.1) is 11.8 Å². The standard InChI is InChI=1S/C21H36O6/c1-3-15-6-4-5-9-21(15)25-13-17(27-21)19(23)18(22)16-12-24-20(26-16)10-7-14(2)8-11-20/h14-19,22-23H,3-13H2,1-2H3/t14?,15?,16-,17-,18-,19-,20?,21?/m0/s1. The van der Waals surface area contributed by atoms with E-state index in [4.69, 9.17) is 18.9 Å². The number of hydrogen-bond acceptors (Lipinski definition) is 6. The van der Waals surface area contributed by atoms with Crippen molar-refractivity contribution in [2.45, 2.75) is 108 Å². The van der Waals surface area contributed by atoms with Crippen molar-refractivity contribution in [3.8, 4) is 0 Å². The molecule has 2 saturated carbocycles. The van der Waals surface area contributed by atoms with Crippen molar-refractivity contribution >= 4 is 0 Å². The van der Waals surface area contributed by atoms with Crippen LogP contribution in [0.1, 0.15) is 71.6 Å². The average Bonchev–Trinajstić information content (AvgIpc) is 3.29. The quantitative estimate of drug-likeness (QED) is 0.776. The molecule has 27 heavy (non-hydrogen) atoms. The lowest BCUT2D eigenvalue weighted by atomic mass is 9.81. The maximum atomic E-state index is 10.8. The number of aliphatic hydroxyl groups is 2. The molecular weight excluding hydrogens is 348 g/mol. The van der Waals surface area contributed by atoms with Gasteiger partial charge in [0.25, 0.3) is 0 Å². The Bertz CT molecular complexity index is 505. The van der Waals surface area contributed by atoms with Gasteiger partial charge >= 0.3 is 0 Å². The Balaban J connectivity index is 1.35. The topological polar surface area (TPSA) is 77.4 Å². The van der Waals surface area contributed by atoms with Crippen molar-refractivity contribution in [2.75, 3.05) is 13.2 Å². The average molecular weight is 385 g/mol. The predicted octanol–water partition coefficient (Wildman–Crippen LogP) is 2.74. The van der Waals surface area contributed by atoms with Gasteiger partial charge in [0.2, 0.25) is 0 Å². The van der Waals surface area contributed by atoms with E-state index < -0.39 is 36.0 Å². The van der Waals surface area contributed by atoms with E-state index in [-0.39, 0.29) is 0 Å². The highest BCUT2D eigenvalue weighted by Gasteiger charge is 2.53. The van der Waals surface area contributed by atoms with E-state index in [1.165, 1.54) is 6.42 Å². The molecule has 2 saturated heterocycles. The summed E-state index contributed by atoms with van der Waals surface area (Å²) < 4.78 is 24.4. The molecule has 4 fully saturated rings. The summed E-state index contributed by atoms with van der Waals surface area (Å²) in [7, 11) is 0. The van der Waals surface area contributed by atoms with E-state index in [0.29, 0.717) is 25.0 Å². The second-order valence-electron chi connectivity index (χ2n) is 9.17. The zero-order valence-electron chi connectivity index (χ0n) is 16.8. The van der Waals surface area contributed by atoms with Crippen molar-refractivity contribution in [3.63, 3.8) is 0 Å². The van der Waals surface area contributed by atoms with Crippen LogP contribution in [0.2, 0.25) is 0 Å². The first-order valence-corrected chi connectivity index (χ1v) is 11.0. The summed E-state index contributed by atoms with van der Waals surface area (Å²) in [5.41, 5.74) is 0. The zero-order valence-corrected chi connectivity index (χ0v) is 16.8. The minimum Gasteiger partial charge on any atom is -0.387 e. The SMILES string of the molecule is CCC1CCCCC12OC[C@@H]([C@H](O)[C@@H](O)[C@@H]1COC3(CCC(C)CC3)O1)O2. The Morgan fingerprint density at radius 1 is 0.889 bits per heavy atom. The number of aliphatic hydroxyl groups excluding tert-OH is 2. The highest BCUT2D eigenvalue weighted by atomic mass is 16.8. The van der Waals surface area contributed by atoms with Gasteiger partial charge in [0.15, 0.2) is 11.6 Å². The molecule has 4 rings (SSSR count). The van der Waals surface area contributed by atoms with E-state index in [1.807, 2.05) is 0 Å². The third-order valence-corrected chi connectivity index (χ3v) is 7.31. The summed E-state index contributed by atoms with van der Waals surface area (Å²) in [4.78, 5) is 0. The maximum absolute atomic E-state index is 10.8. The fraction of sp³-hybridized carbons (Fsp3) is 1.00. The Kier molecular flexibility index (Phi) is 5.85. The Morgan fingerprint density at radius 3 is 2.26 bits per heavy atom. The van der Waals surface area contributed by atoms with Gasteiger partial charge < -0.3 is 29.2 Å². The van der Waals surface area contributed by atoms with E-state index in [9.17, 15) is 10.2 Å². The molecule has 0 radical (unpaired) electrons. The largest absolute Gasteiger partial charge is 0.387 e. The smallest absolute Gasteiger partial charge is 0.171 e. The van der Waals surface area contributed by atoms with E-state index in [1.54, 1.807) is 0 Å². The molecule has 4 aliphatic rings. The Morgan fingerprint density at radius 2 is 1.56 bits per heavy atom. The molecule has 6 heteroatoms. The maximum Gasteiger partial charge on any atom is 0.171 e. The molecule has 2 heterocycles. The molecule has 0 aromatic heterocycles. The lowest BCUT2D eigenvalue weighted by Crippen LogP contribution is -2.49. The van der Waals surface area contributed by atoms with Crippen LogP contribution in [0.5, 0.6) is 0 Å². The number of rotatable bonds is 4. The van der Waals surface area contributed by atoms with Crippen LogP contribution >= 0.6 is 0 Å². The summed E-state index contributed by atoms with van der Waals surface area (Å²) in [5, 5.41) is 21.6. The molecule has 156 valence electrons. The molecule has 2 aliphatic carbocycles. The Hall–Kier alpha value is -0.240. The summed E-state index contributed by atoms with van der Waals surface area (Å²) in [5.74, 6) is -0.0895. The van der Waals surface area contributed by atoms with Crippen LogP contribution in [0.25, 0.3) is 0 Å². The van der Waals surface area contributed by atoms with E-state index >= 15 is 0 Å². The van der Waals surface area contributed by atoms with Gasteiger partial charge in [-0.3, -0.25) is 0 Å². The van der Waals surface area contributed by atoms with Crippen molar-refractivity contribution in [3.05, 3.63) is 0 Å². The third-order valence-electron chi connectivity index (χ3n) is 7.31. The van der Waals surface area contributed by atoms with Crippen molar-refractivity contribution in [1.29, 1.82) is 0 Å². The first-order valence-electron chi connectivity index (χ1n) is 11.0. The second kappa shape index (κ2) is 7.88. The molecule has 2 unspecified atom stereocenters. The van der Waals surface area contributed by atoms with Gasteiger partial charge in [0, 0.05) is 25.2 Å². The highest BCUT2D eigenvalue weighted by molar-refractivity contribution is 4.95. The molecule has 6 atom stereocenters. The van der Waals surface area contributed by atoms with Gasteiger partial charge in [-0.05, 0) is 38.0 Å². The van der Waals surface area contributed by atoms with Gasteiger partial charge in [-0.2, -0.15) is 0 Å². The summed E-state index contributed by atoms with van der Waals surface area (Å²) >= 11 is 0. The molecule has 6 nitrogen and oxygen atoms in total. The van der Waals surface area contributed by atoms with Gasteiger partial charge in [-0.25, -0.2) is 0 Å². The molecule has 2 N–H and O–H groups in total. The molecule has 0 aromatic carbocycles. The second-order valence-corrected chi connectivity index (χ2v) is 9.17. The molecular formula is C21H36O6. The number of hydrogen-bond donors (Lipinski definition) is 2. The van der Waals surface area contributed by atoms with Gasteiger partial charge in [-0.1, -0.05) is 20.3 Å². The van der Waals surface area contributed by atoms with Crippen LogP contribution in [-0.2, 0) is 18.9 Å². The zero-order chi connectivity index (χ0) is 19.1. The lowest BCUT2D eigenvalue weighted by molar-refractivity contribution is -0.238. The van der Waals surface area contributed by atoms with Crippen molar-refractivity contribution in [2.24, 2.45) is 11.8 Å². The summed E-state index contributed by atoms with van der Waals surface area (Å²) in [6.45, 7) is 5.06. The predicted molar refractivity (Wildman–Crippen MR) is 99.0 cm³/mol. The summed E-state index contributed by atoms with van der Waals surface area (Å²) in [6, 6.07) is 0. The van der Waals surface area contributed by atoms with Crippen LogP contribution in [-0.4, -0.2) is 59.4 Å². The minimum absolute atomic E-state index is 0.322. The number of ether oxygens (including phenoxy) is 4. The molecule has 0 bridgehead atoms. The first kappa shape index (κ1) is 20.0. The molecule has 2 aliphatic heterocycles. The normalized spacial score (nSPS) is 47.6. The minimum atomic E-state index is -1.03. The first-order chi connectivity index (χ1) is 13.0. The van der Waals surface area contributed by atoms with Gasteiger partial charge in [-0.15, -0.1) is 0 Å². The van der Waals surface area contributed by atoms with E-state index in [2.05, 4.69) is 13.8 Å². The monoisotopic (exact) mass is 384 g/mol.